The molecule has 5 nitrogen and oxygen atoms in total. The van der Waals surface area contributed by atoms with Crippen molar-refractivity contribution in [3.63, 3.8) is 0 Å². The zero-order chi connectivity index (χ0) is 15.8. The molecule has 1 aromatic carbocycles. The number of rotatable bonds is 2. The van der Waals surface area contributed by atoms with Gasteiger partial charge in [0.15, 0.2) is 0 Å². The van der Waals surface area contributed by atoms with Crippen LogP contribution >= 0.6 is 0 Å². The second-order valence-electron chi connectivity index (χ2n) is 7.98. The average molecular weight is 311 g/mol. The Kier molecular flexibility index (Phi) is 2.56. The maximum Gasteiger partial charge on any atom is 0.271 e. The Hall–Kier alpha value is -1.88. The predicted molar refractivity (Wildman–Crippen MR) is 88.0 cm³/mol. The molecule has 1 N–H and O–H groups in total. The summed E-state index contributed by atoms with van der Waals surface area (Å²) >= 11 is 0. The molecule has 3 unspecified atom stereocenters. The molecule has 1 amide bonds. The second-order valence-corrected chi connectivity index (χ2v) is 7.98. The molecule has 120 valence electrons. The first kappa shape index (κ1) is 13.5. The Balaban J connectivity index is 1.70. The minimum atomic E-state index is -0.0789. The zero-order valence-corrected chi connectivity index (χ0v) is 13.5. The molecule has 1 saturated carbocycles. The van der Waals surface area contributed by atoms with Gasteiger partial charge < -0.3 is 9.64 Å². The van der Waals surface area contributed by atoms with Crippen molar-refractivity contribution < 1.29 is 9.53 Å². The zero-order valence-electron chi connectivity index (χ0n) is 13.5. The number of carbonyl (C=O) groups excluding carboxylic acids is 1. The van der Waals surface area contributed by atoms with Crippen molar-refractivity contribution >= 4 is 17.3 Å². The number of hydrazone groups is 1. The van der Waals surface area contributed by atoms with Gasteiger partial charge in [-0.15, -0.1) is 0 Å². The first-order valence-electron chi connectivity index (χ1n) is 8.41. The lowest BCUT2D eigenvalue weighted by Crippen LogP contribution is -2.46. The van der Waals surface area contributed by atoms with Gasteiger partial charge in [0, 0.05) is 35.5 Å². The van der Waals surface area contributed by atoms with Crippen LogP contribution in [-0.2, 0) is 4.74 Å². The van der Waals surface area contributed by atoms with Crippen LogP contribution in [0.25, 0.3) is 0 Å². The molecule has 1 aliphatic carbocycles. The van der Waals surface area contributed by atoms with Crippen molar-refractivity contribution in [2.45, 2.75) is 44.8 Å². The number of carbonyl (C=O) groups is 1. The summed E-state index contributed by atoms with van der Waals surface area (Å²) < 4.78 is 5.48. The van der Waals surface area contributed by atoms with Gasteiger partial charge in [0.05, 0.1) is 12.7 Å². The fourth-order valence-electron chi connectivity index (χ4n) is 4.65. The van der Waals surface area contributed by atoms with E-state index in [0.717, 1.165) is 37.3 Å². The van der Waals surface area contributed by atoms with E-state index >= 15 is 0 Å². The SMILES string of the molecule is CC1(C)CC2=NNC(=O)c3cccc4c3C2C(C1)N4CC1CO1. The van der Waals surface area contributed by atoms with E-state index in [1.807, 2.05) is 12.1 Å². The Labute approximate surface area is 135 Å². The largest absolute Gasteiger partial charge is 0.371 e. The quantitative estimate of drug-likeness (QED) is 0.853. The van der Waals surface area contributed by atoms with E-state index in [1.54, 1.807) is 0 Å². The Morgan fingerprint density at radius 1 is 1.43 bits per heavy atom. The third-order valence-corrected chi connectivity index (χ3v) is 5.62. The summed E-state index contributed by atoms with van der Waals surface area (Å²) in [6.07, 6.45) is 2.40. The minimum Gasteiger partial charge on any atom is -0.371 e. The van der Waals surface area contributed by atoms with Gasteiger partial charge in [0.2, 0.25) is 0 Å². The molecule has 5 rings (SSSR count). The first-order chi connectivity index (χ1) is 11.0. The van der Waals surface area contributed by atoms with Crippen LogP contribution < -0.4 is 10.3 Å². The minimum absolute atomic E-state index is 0.0789. The molecular formula is C18H21N3O2. The van der Waals surface area contributed by atoms with Gasteiger partial charge in [-0.1, -0.05) is 19.9 Å². The molecule has 0 aromatic heterocycles. The molecule has 1 saturated heterocycles. The molecule has 0 bridgehead atoms. The van der Waals surface area contributed by atoms with Gasteiger partial charge in [-0.25, -0.2) is 5.43 Å². The number of nitrogens with zero attached hydrogens (tertiary/aromatic N) is 2. The van der Waals surface area contributed by atoms with Crippen molar-refractivity contribution in [3.8, 4) is 0 Å². The van der Waals surface area contributed by atoms with E-state index < -0.39 is 0 Å². The summed E-state index contributed by atoms with van der Waals surface area (Å²) in [6.45, 7) is 6.37. The van der Waals surface area contributed by atoms with Gasteiger partial charge in [-0.2, -0.15) is 5.10 Å². The molecule has 3 aliphatic heterocycles. The molecular weight excluding hydrogens is 290 g/mol. The van der Waals surface area contributed by atoms with Crippen LogP contribution in [0.15, 0.2) is 23.3 Å². The van der Waals surface area contributed by atoms with E-state index in [0.29, 0.717) is 12.1 Å². The van der Waals surface area contributed by atoms with E-state index in [1.165, 1.54) is 11.3 Å². The van der Waals surface area contributed by atoms with Crippen LogP contribution in [0.4, 0.5) is 5.69 Å². The van der Waals surface area contributed by atoms with Crippen molar-refractivity contribution in [2.75, 3.05) is 18.1 Å². The van der Waals surface area contributed by atoms with E-state index in [4.69, 9.17) is 4.74 Å². The standard InChI is InChI=1S/C18H21N3O2/c1-18(2)6-12-16-14(7-18)21(8-10-9-23-10)13-5-3-4-11(15(13)16)17(22)20-19-12/h3-5,10,14,16H,6-9H2,1-2H3,(H,20,22). The maximum atomic E-state index is 12.5. The predicted octanol–water partition coefficient (Wildman–Crippen LogP) is 2.28. The molecule has 3 heterocycles. The second kappa shape index (κ2) is 4.35. The molecule has 0 radical (unpaired) electrons. The highest BCUT2D eigenvalue weighted by Crippen LogP contribution is 2.53. The van der Waals surface area contributed by atoms with Crippen molar-refractivity contribution in [1.29, 1.82) is 0 Å². The highest BCUT2D eigenvalue weighted by atomic mass is 16.6. The number of hydrogen-bond acceptors (Lipinski definition) is 4. The number of epoxide rings is 1. The summed E-state index contributed by atoms with van der Waals surface area (Å²) in [5.41, 5.74) is 7.26. The number of anilines is 1. The summed E-state index contributed by atoms with van der Waals surface area (Å²) in [4.78, 5) is 14.9. The third-order valence-electron chi connectivity index (χ3n) is 5.62. The van der Waals surface area contributed by atoms with E-state index in [9.17, 15) is 4.79 Å². The number of amides is 1. The fourth-order valence-corrected chi connectivity index (χ4v) is 4.65. The number of nitrogens with one attached hydrogen (secondary N) is 1. The Bertz CT molecular complexity index is 736. The third kappa shape index (κ3) is 1.96. The molecule has 1 aromatic rings. The van der Waals surface area contributed by atoms with Gasteiger partial charge in [-0.3, -0.25) is 4.79 Å². The summed E-state index contributed by atoms with van der Waals surface area (Å²) in [7, 11) is 0. The van der Waals surface area contributed by atoms with Crippen molar-refractivity contribution in [3.05, 3.63) is 29.3 Å². The van der Waals surface area contributed by atoms with Gasteiger partial charge in [-0.05, 0) is 36.0 Å². The van der Waals surface area contributed by atoms with Crippen molar-refractivity contribution in [1.82, 2.24) is 5.43 Å². The molecule has 4 aliphatic rings. The molecule has 0 spiro atoms. The van der Waals surface area contributed by atoms with Gasteiger partial charge in [0.1, 0.15) is 0 Å². The van der Waals surface area contributed by atoms with Crippen LogP contribution in [0, 0.1) is 5.41 Å². The summed E-state index contributed by atoms with van der Waals surface area (Å²) in [6, 6.07) is 6.45. The van der Waals surface area contributed by atoms with Crippen LogP contribution in [0.3, 0.4) is 0 Å². The maximum absolute atomic E-state index is 12.5. The van der Waals surface area contributed by atoms with Gasteiger partial charge in [0.25, 0.3) is 5.91 Å². The molecule has 23 heavy (non-hydrogen) atoms. The molecule has 3 atom stereocenters. The summed E-state index contributed by atoms with van der Waals surface area (Å²) in [5, 5.41) is 4.51. The van der Waals surface area contributed by atoms with E-state index in [2.05, 4.69) is 35.3 Å². The topological polar surface area (TPSA) is 57.2 Å². The Morgan fingerprint density at radius 3 is 3.04 bits per heavy atom. The Morgan fingerprint density at radius 2 is 2.26 bits per heavy atom. The first-order valence-corrected chi connectivity index (χ1v) is 8.41. The van der Waals surface area contributed by atoms with Crippen LogP contribution in [-0.4, -0.2) is 36.9 Å². The van der Waals surface area contributed by atoms with Crippen LogP contribution in [0.2, 0.25) is 0 Å². The summed E-state index contributed by atoms with van der Waals surface area (Å²) in [5.74, 6) is 0.164. The molecule has 5 heteroatoms. The lowest BCUT2D eigenvalue weighted by molar-refractivity contribution is 0.0955. The normalized spacial score (nSPS) is 32.8. The number of ether oxygens (including phenoxy) is 1. The van der Waals surface area contributed by atoms with Gasteiger partial charge >= 0.3 is 0 Å². The lowest BCUT2D eigenvalue weighted by Gasteiger charge is -2.42. The highest BCUT2D eigenvalue weighted by Gasteiger charge is 2.51. The smallest absolute Gasteiger partial charge is 0.271 e. The van der Waals surface area contributed by atoms with Crippen LogP contribution in [0.1, 0.15) is 48.5 Å². The molecule has 2 fully saturated rings. The monoisotopic (exact) mass is 311 g/mol. The van der Waals surface area contributed by atoms with Crippen LogP contribution in [0.5, 0.6) is 0 Å². The average Bonchev–Trinajstić information content (AvgIpc) is 3.28. The lowest BCUT2D eigenvalue weighted by atomic mass is 9.68. The van der Waals surface area contributed by atoms with Crippen molar-refractivity contribution in [2.24, 2.45) is 10.5 Å². The number of hydrogen-bond donors (Lipinski definition) is 1. The van der Waals surface area contributed by atoms with E-state index in [-0.39, 0.29) is 17.2 Å². The number of benzene rings is 1. The fraction of sp³-hybridized carbons (Fsp3) is 0.556. The highest BCUT2D eigenvalue weighted by molar-refractivity contribution is 6.06.